The van der Waals surface area contributed by atoms with Gasteiger partial charge in [0, 0.05) is 58.3 Å². The van der Waals surface area contributed by atoms with Crippen LogP contribution in [0.3, 0.4) is 0 Å². The highest BCUT2D eigenvalue weighted by molar-refractivity contribution is 5.80. The van der Waals surface area contributed by atoms with Crippen molar-refractivity contribution in [2.45, 2.75) is 19.9 Å². The number of para-hydroxylation sites is 2. The Kier molecular flexibility index (Phi) is 5.86. The number of aromatic nitrogens is 3. The smallest absolute Gasteiger partial charge is 0.194 e. The number of guanidine groups is 1. The normalized spacial score (nSPS) is 16.0. The Morgan fingerprint density at radius 2 is 2.07 bits per heavy atom. The Morgan fingerprint density at radius 1 is 1.21 bits per heavy atom. The third-order valence-corrected chi connectivity index (χ3v) is 4.93. The molecule has 3 aromatic rings. The van der Waals surface area contributed by atoms with Crippen LogP contribution in [0.1, 0.15) is 18.4 Å². The average molecular weight is 381 g/mol. The first-order chi connectivity index (χ1) is 13.8. The number of fused-ring (bicyclic) bond motifs is 1. The molecule has 1 aliphatic heterocycles. The van der Waals surface area contributed by atoms with Crippen molar-refractivity contribution in [1.82, 2.24) is 30.2 Å². The molecule has 8 nitrogen and oxygen atoms in total. The predicted molar refractivity (Wildman–Crippen MR) is 109 cm³/mol. The fourth-order valence-electron chi connectivity index (χ4n) is 3.48. The summed E-state index contributed by atoms with van der Waals surface area (Å²) in [5.41, 5.74) is 3.08. The number of nitrogens with zero attached hydrogens (tertiary/aromatic N) is 5. The third kappa shape index (κ3) is 4.51. The highest BCUT2D eigenvalue weighted by atomic mass is 16.5. The van der Waals surface area contributed by atoms with Crippen LogP contribution in [-0.2, 0) is 13.0 Å². The molecule has 0 atom stereocenters. The zero-order valence-electron chi connectivity index (χ0n) is 16.3. The minimum atomic E-state index is 0.710. The molecule has 2 N–H and O–H groups in total. The van der Waals surface area contributed by atoms with Gasteiger partial charge in [-0.2, -0.15) is 0 Å². The van der Waals surface area contributed by atoms with Gasteiger partial charge >= 0.3 is 0 Å². The zero-order chi connectivity index (χ0) is 19.2. The molecule has 1 aromatic carbocycles. The van der Waals surface area contributed by atoms with E-state index < -0.39 is 0 Å². The van der Waals surface area contributed by atoms with Crippen molar-refractivity contribution >= 4 is 17.0 Å². The van der Waals surface area contributed by atoms with Crippen molar-refractivity contribution in [3.63, 3.8) is 0 Å². The molecule has 148 valence electrons. The SMILES string of the molecule is CCNC(=NCCc1nc2ccccc2[nH]1)N1CCN(Cc2ccon2)CC1. The Labute approximate surface area is 164 Å². The number of H-pyrrole nitrogens is 1. The summed E-state index contributed by atoms with van der Waals surface area (Å²) >= 11 is 0. The summed E-state index contributed by atoms with van der Waals surface area (Å²) in [5.74, 6) is 1.97. The molecule has 1 fully saturated rings. The van der Waals surface area contributed by atoms with Gasteiger partial charge in [0.05, 0.1) is 16.7 Å². The molecule has 1 aliphatic rings. The second-order valence-electron chi connectivity index (χ2n) is 6.94. The fourth-order valence-corrected chi connectivity index (χ4v) is 3.48. The Hall–Kier alpha value is -2.87. The summed E-state index contributed by atoms with van der Waals surface area (Å²) in [6.45, 7) is 8.40. The van der Waals surface area contributed by atoms with Crippen LogP contribution in [0, 0.1) is 0 Å². The maximum Gasteiger partial charge on any atom is 0.194 e. The van der Waals surface area contributed by atoms with Gasteiger partial charge in [-0.1, -0.05) is 17.3 Å². The van der Waals surface area contributed by atoms with Crippen LogP contribution < -0.4 is 5.32 Å². The first kappa shape index (κ1) is 18.5. The van der Waals surface area contributed by atoms with E-state index in [-0.39, 0.29) is 0 Å². The molecule has 0 spiro atoms. The van der Waals surface area contributed by atoms with E-state index in [4.69, 9.17) is 9.52 Å². The summed E-state index contributed by atoms with van der Waals surface area (Å²) in [7, 11) is 0. The van der Waals surface area contributed by atoms with Gasteiger partial charge in [-0.25, -0.2) is 4.98 Å². The first-order valence-electron chi connectivity index (χ1n) is 9.90. The second kappa shape index (κ2) is 8.88. The summed E-state index contributed by atoms with van der Waals surface area (Å²) in [6, 6.07) is 10.0. The van der Waals surface area contributed by atoms with E-state index in [0.29, 0.717) is 6.54 Å². The molecule has 2 aromatic heterocycles. The molecular formula is C20H27N7O. The van der Waals surface area contributed by atoms with Gasteiger partial charge in [-0.05, 0) is 19.1 Å². The van der Waals surface area contributed by atoms with Gasteiger partial charge in [0.1, 0.15) is 12.1 Å². The van der Waals surface area contributed by atoms with E-state index in [2.05, 4.69) is 43.2 Å². The molecule has 0 aliphatic carbocycles. The molecule has 0 unspecified atom stereocenters. The van der Waals surface area contributed by atoms with Crippen molar-refractivity contribution in [1.29, 1.82) is 0 Å². The van der Waals surface area contributed by atoms with Crippen molar-refractivity contribution < 1.29 is 4.52 Å². The van der Waals surface area contributed by atoms with Crippen molar-refractivity contribution in [3.05, 3.63) is 48.1 Å². The lowest BCUT2D eigenvalue weighted by atomic mass is 10.3. The van der Waals surface area contributed by atoms with Crippen LogP contribution in [0.25, 0.3) is 11.0 Å². The number of benzene rings is 1. The number of piperazine rings is 1. The number of rotatable bonds is 6. The molecule has 0 radical (unpaired) electrons. The highest BCUT2D eigenvalue weighted by Gasteiger charge is 2.20. The van der Waals surface area contributed by atoms with Gasteiger partial charge < -0.3 is 19.7 Å². The molecule has 8 heteroatoms. The van der Waals surface area contributed by atoms with E-state index in [9.17, 15) is 0 Å². The second-order valence-corrected chi connectivity index (χ2v) is 6.94. The lowest BCUT2D eigenvalue weighted by molar-refractivity contribution is 0.169. The molecule has 0 amide bonds. The van der Waals surface area contributed by atoms with Crippen molar-refractivity contribution in [2.24, 2.45) is 4.99 Å². The molecule has 1 saturated heterocycles. The monoisotopic (exact) mass is 381 g/mol. The van der Waals surface area contributed by atoms with Gasteiger partial charge in [-0.3, -0.25) is 9.89 Å². The number of aliphatic imine (C=N–C) groups is 1. The van der Waals surface area contributed by atoms with Gasteiger partial charge in [-0.15, -0.1) is 0 Å². The Morgan fingerprint density at radius 3 is 2.82 bits per heavy atom. The fraction of sp³-hybridized carbons (Fsp3) is 0.450. The molecule has 0 saturated carbocycles. The van der Waals surface area contributed by atoms with E-state index >= 15 is 0 Å². The molecule has 4 rings (SSSR count). The maximum atomic E-state index is 4.92. The molecule has 0 bridgehead atoms. The summed E-state index contributed by atoms with van der Waals surface area (Å²) < 4.78 is 4.92. The number of aromatic amines is 1. The Balaban J connectivity index is 1.31. The number of nitrogens with one attached hydrogen (secondary N) is 2. The molecule has 3 heterocycles. The van der Waals surface area contributed by atoms with Gasteiger partial charge in [0.25, 0.3) is 0 Å². The maximum absolute atomic E-state index is 4.92. The van der Waals surface area contributed by atoms with Gasteiger partial charge in [0.15, 0.2) is 5.96 Å². The van der Waals surface area contributed by atoms with E-state index in [1.165, 1.54) is 0 Å². The van der Waals surface area contributed by atoms with Crippen LogP contribution >= 0.6 is 0 Å². The quantitative estimate of drug-likeness (QED) is 0.501. The van der Waals surface area contributed by atoms with Crippen LogP contribution in [0.4, 0.5) is 0 Å². The van der Waals surface area contributed by atoms with Gasteiger partial charge in [0.2, 0.25) is 0 Å². The van der Waals surface area contributed by atoms with Crippen LogP contribution in [0.15, 0.2) is 46.1 Å². The summed E-state index contributed by atoms with van der Waals surface area (Å²) in [6.07, 6.45) is 2.43. The summed E-state index contributed by atoms with van der Waals surface area (Å²) in [5, 5.41) is 7.43. The Bertz CT molecular complexity index is 861. The van der Waals surface area contributed by atoms with Crippen LogP contribution in [-0.4, -0.2) is 70.2 Å². The molecular weight excluding hydrogens is 354 g/mol. The summed E-state index contributed by atoms with van der Waals surface area (Å²) in [4.78, 5) is 17.6. The minimum absolute atomic E-state index is 0.710. The lowest BCUT2D eigenvalue weighted by Crippen LogP contribution is -2.52. The predicted octanol–water partition coefficient (Wildman–Crippen LogP) is 1.88. The highest BCUT2D eigenvalue weighted by Crippen LogP contribution is 2.11. The number of imidazole rings is 1. The third-order valence-electron chi connectivity index (χ3n) is 4.93. The van der Waals surface area contributed by atoms with Crippen LogP contribution in [0.2, 0.25) is 0 Å². The van der Waals surface area contributed by atoms with E-state index in [1.54, 1.807) is 6.26 Å². The van der Waals surface area contributed by atoms with Crippen molar-refractivity contribution in [2.75, 3.05) is 39.3 Å². The number of hydrogen-bond donors (Lipinski definition) is 2. The van der Waals surface area contributed by atoms with E-state index in [1.807, 2.05) is 24.3 Å². The number of hydrogen-bond acceptors (Lipinski definition) is 5. The van der Waals surface area contributed by atoms with Crippen molar-refractivity contribution in [3.8, 4) is 0 Å². The topological polar surface area (TPSA) is 85.6 Å². The lowest BCUT2D eigenvalue weighted by Gasteiger charge is -2.36. The average Bonchev–Trinajstić information content (AvgIpc) is 3.37. The van der Waals surface area contributed by atoms with Crippen LogP contribution in [0.5, 0.6) is 0 Å². The standard InChI is InChI=1S/C20H27N7O/c1-2-21-20(22-9-7-19-23-17-5-3-4-6-18(17)24-19)27-12-10-26(11-13-27)15-16-8-14-28-25-16/h3-6,8,14H,2,7,9-13,15H2,1H3,(H,21,22)(H,23,24). The first-order valence-corrected chi connectivity index (χ1v) is 9.90. The minimum Gasteiger partial charge on any atom is -0.364 e. The molecule has 28 heavy (non-hydrogen) atoms. The zero-order valence-corrected chi connectivity index (χ0v) is 16.3. The van der Waals surface area contributed by atoms with E-state index in [0.717, 1.165) is 74.2 Å². The largest absolute Gasteiger partial charge is 0.364 e.